The number of benzene rings is 1. The lowest BCUT2D eigenvalue weighted by molar-refractivity contribution is 0.0949. The molecule has 0 unspecified atom stereocenters. The number of hydrogen-bond donors (Lipinski definition) is 2. The molecule has 1 amide bonds. The number of aromatic nitrogens is 1. The maximum absolute atomic E-state index is 12.2. The second kappa shape index (κ2) is 5.74. The van der Waals surface area contributed by atoms with Crippen molar-refractivity contribution in [3.63, 3.8) is 0 Å². The lowest BCUT2D eigenvalue weighted by atomic mass is 10.1. The molecule has 0 atom stereocenters. The summed E-state index contributed by atoms with van der Waals surface area (Å²) in [6.07, 6.45) is 2.83. The zero-order chi connectivity index (χ0) is 14.8. The van der Waals surface area contributed by atoms with E-state index in [1.165, 1.54) is 0 Å². The third kappa shape index (κ3) is 3.00. The molecular weight excluding hydrogens is 288 g/mol. The average molecular weight is 303 g/mol. The molecule has 0 saturated heterocycles. The number of amides is 1. The number of nitrogens with one attached hydrogen (secondary N) is 2. The molecule has 0 saturated carbocycles. The van der Waals surface area contributed by atoms with Crippen LogP contribution in [0.5, 0.6) is 0 Å². The van der Waals surface area contributed by atoms with E-state index in [1.807, 2.05) is 12.1 Å². The summed E-state index contributed by atoms with van der Waals surface area (Å²) >= 11 is 5.90. The Morgan fingerprint density at radius 1 is 1.29 bits per heavy atom. The van der Waals surface area contributed by atoms with Gasteiger partial charge in [-0.15, -0.1) is 0 Å². The maximum atomic E-state index is 12.2. The Morgan fingerprint density at radius 2 is 2.14 bits per heavy atom. The fourth-order valence-corrected chi connectivity index (χ4v) is 2.82. The minimum atomic E-state index is -0.356. The van der Waals surface area contributed by atoms with E-state index in [-0.39, 0.29) is 17.0 Å². The second-order valence-electron chi connectivity index (χ2n) is 5.18. The summed E-state index contributed by atoms with van der Waals surface area (Å²) in [6, 6.07) is 8.98. The molecule has 0 aliphatic heterocycles. The van der Waals surface area contributed by atoms with Gasteiger partial charge in [-0.25, -0.2) is 0 Å². The van der Waals surface area contributed by atoms with Gasteiger partial charge in [-0.2, -0.15) is 0 Å². The van der Waals surface area contributed by atoms with E-state index in [9.17, 15) is 9.59 Å². The quantitative estimate of drug-likeness (QED) is 0.915. The Morgan fingerprint density at radius 3 is 2.95 bits per heavy atom. The monoisotopic (exact) mass is 302 g/mol. The summed E-state index contributed by atoms with van der Waals surface area (Å²) in [5, 5.41) is 3.38. The molecule has 108 valence electrons. The highest BCUT2D eigenvalue weighted by atomic mass is 35.5. The van der Waals surface area contributed by atoms with E-state index in [0.29, 0.717) is 11.6 Å². The number of H-pyrrole nitrogens is 1. The fourth-order valence-electron chi connectivity index (χ4n) is 2.61. The van der Waals surface area contributed by atoms with Crippen molar-refractivity contribution >= 4 is 17.5 Å². The standard InChI is InChI=1S/C16H15ClN2O2/c17-12-5-1-3-10(7-12)9-18-15(20)13-8-11-4-2-6-14(11)19-16(13)21/h1,3,5,7-8H,2,4,6,9H2,(H,18,20)(H,19,21). The fraction of sp³-hybridized carbons (Fsp3) is 0.250. The van der Waals surface area contributed by atoms with Crippen LogP contribution in [0.25, 0.3) is 0 Å². The van der Waals surface area contributed by atoms with Crippen LogP contribution in [0, 0.1) is 0 Å². The zero-order valence-electron chi connectivity index (χ0n) is 11.4. The van der Waals surface area contributed by atoms with Gasteiger partial charge >= 0.3 is 0 Å². The summed E-state index contributed by atoms with van der Waals surface area (Å²) in [5.41, 5.74) is 2.79. The Hall–Kier alpha value is -2.07. The second-order valence-corrected chi connectivity index (χ2v) is 5.62. The van der Waals surface area contributed by atoms with Gasteiger partial charge in [-0.3, -0.25) is 9.59 Å². The van der Waals surface area contributed by atoms with Crippen molar-refractivity contribution in [1.82, 2.24) is 10.3 Å². The molecule has 2 aromatic rings. The van der Waals surface area contributed by atoms with E-state index >= 15 is 0 Å². The van der Waals surface area contributed by atoms with Crippen LogP contribution in [0.4, 0.5) is 0 Å². The molecular formula is C16H15ClN2O2. The summed E-state index contributed by atoms with van der Waals surface area (Å²) in [6.45, 7) is 0.343. The molecule has 1 aliphatic carbocycles. The number of fused-ring (bicyclic) bond motifs is 1. The van der Waals surface area contributed by atoms with Gasteiger partial charge in [0, 0.05) is 17.3 Å². The summed E-state index contributed by atoms with van der Waals surface area (Å²) < 4.78 is 0. The Labute approximate surface area is 127 Å². The van der Waals surface area contributed by atoms with Crippen LogP contribution in [0.1, 0.15) is 33.6 Å². The molecule has 0 bridgehead atoms. The molecule has 0 spiro atoms. The van der Waals surface area contributed by atoms with E-state index in [0.717, 1.165) is 36.1 Å². The van der Waals surface area contributed by atoms with Crippen LogP contribution >= 0.6 is 11.6 Å². The predicted octanol–water partition coefficient (Wildman–Crippen LogP) is 2.45. The van der Waals surface area contributed by atoms with Gasteiger partial charge in [-0.05, 0) is 48.6 Å². The minimum Gasteiger partial charge on any atom is -0.348 e. The molecule has 21 heavy (non-hydrogen) atoms. The summed E-state index contributed by atoms with van der Waals surface area (Å²) in [5.74, 6) is -0.356. The van der Waals surface area contributed by atoms with E-state index in [2.05, 4.69) is 10.3 Å². The topological polar surface area (TPSA) is 62.0 Å². The van der Waals surface area contributed by atoms with Crippen LogP contribution < -0.4 is 10.9 Å². The van der Waals surface area contributed by atoms with E-state index < -0.39 is 0 Å². The number of carbonyl (C=O) groups is 1. The molecule has 3 rings (SSSR count). The highest BCUT2D eigenvalue weighted by Crippen LogP contribution is 2.18. The molecule has 5 heteroatoms. The normalized spacial score (nSPS) is 13.0. The lowest BCUT2D eigenvalue weighted by Crippen LogP contribution is -2.29. The van der Waals surface area contributed by atoms with Crippen LogP contribution in [-0.2, 0) is 19.4 Å². The first kappa shape index (κ1) is 13.9. The zero-order valence-corrected chi connectivity index (χ0v) is 12.2. The number of aryl methyl sites for hydroxylation is 2. The molecule has 4 nitrogen and oxygen atoms in total. The maximum Gasteiger partial charge on any atom is 0.261 e. The van der Waals surface area contributed by atoms with Gasteiger partial charge < -0.3 is 10.3 Å². The smallest absolute Gasteiger partial charge is 0.261 e. The van der Waals surface area contributed by atoms with Gasteiger partial charge in [0.15, 0.2) is 0 Å². The largest absolute Gasteiger partial charge is 0.348 e. The third-order valence-corrected chi connectivity index (χ3v) is 3.91. The van der Waals surface area contributed by atoms with Crippen molar-refractivity contribution in [1.29, 1.82) is 0 Å². The van der Waals surface area contributed by atoms with Gasteiger partial charge in [0.25, 0.3) is 11.5 Å². The molecule has 2 N–H and O–H groups in total. The van der Waals surface area contributed by atoms with Gasteiger partial charge in [-0.1, -0.05) is 23.7 Å². The summed E-state index contributed by atoms with van der Waals surface area (Å²) in [4.78, 5) is 26.9. The van der Waals surface area contributed by atoms with Crippen molar-refractivity contribution in [3.8, 4) is 0 Å². The Balaban J connectivity index is 1.75. The van der Waals surface area contributed by atoms with Crippen LogP contribution in [0.2, 0.25) is 5.02 Å². The highest BCUT2D eigenvalue weighted by Gasteiger charge is 2.17. The molecule has 1 aliphatic rings. The van der Waals surface area contributed by atoms with Crippen molar-refractivity contribution < 1.29 is 4.79 Å². The van der Waals surface area contributed by atoms with Crippen LogP contribution in [0.15, 0.2) is 35.1 Å². The number of halogens is 1. The average Bonchev–Trinajstić information content (AvgIpc) is 2.91. The SMILES string of the molecule is O=C(NCc1cccc(Cl)c1)c1cc2c([nH]c1=O)CCC2. The number of hydrogen-bond acceptors (Lipinski definition) is 2. The lowest BCUT2D eigenvalue weighted by Gasteiger charge is -2.07. The first-order chi connectivity index (χ1) is 10.1. The van der Waals surface area contributed by atoms with Crippen molar-refractivity contribution in [2.24, 2.45) is 0 Å². The first-order valence-electron chi connectivity index (χ1n) is 6.91. The van der Waals surface area contributed by atoms with E-state index in [4.69, 9.17) is 11.6 Å². The van der Waals surface area contributed by atoms with Crippen LogP contribution in [-0.4, -0.2) is 10.9 Å². The van der Waals surface area contributed by atoms with Gasteiger partial charge in [0.05, 0.1) is 0 Å². The number of aromatic amines is 1. The molecule has 0 radical (unpaired) electrons. The number of rotatable bonds is 3. The van der Waals surface area contributed by atoms with E-state index in [1.54, 1.807) is 18.2 Å². The molecule has 1 heterocycles. The highest BCUT2D eigenvalue weighted by molar-refractivity contribution is 6.30. The summed E-state index contributed by atoms with van der Waals surface area (Å²) in [7, 11) is 0. The third-order valence-electron chi connectivity index (χ3n) is 3.67. The molecule has 1 aromatic carbocycles. The molecule has 0 fully saturated rings. The van der Waals surface area contributed by atoms with Gasteiger partial charge in [0.1, 0.15) is 5.56 Å². The Kier molecular flexibility index (Phi) is 3.80. The predicted molar refractivity (Wildman–Crippen MR) is 81.7 cm³/mol. The van der Waals surface area contributed by atoms with Crippen molar-refractivity contribution in [3.05, 3.63) is 68.1 Å². The number of pyridine rings is 1. The first-order valence-corrected chi connectivity index (χ1v) is 7.29. The molecule has 1 aromatic heterocycles. The minimum absolute atomic E-state index is 0.178. The van der Waals surface area contributed by atoms with Crippen LogP contribution in [0.3, 0.4) is 0 Å². The van der Waals surface area contributed by atoms with Crippen molar-refractivity contribution in [2.75, 3.05) is 0 Å². The number of carbonyl (C=O) groups excluding carboxylic acids is 1. The van der Waals surface area contributed by atoms with Gasteiger partial charge in [0.2, 0.25) is 0 Å². The Bertz CT molecular complexity index is 752. The van der Waals surface area contributed by atoms with Crippen molar-refractivity contribution in [2.45, 2.75) is 25.8 Å².